The number of hydrazine groups is 1. The van der Waals surface area contributed by atoms with Gasteiger partial charge >= 0.3 is 0 Å². The van der Waals surface area contributed by atoms with Gasteiger partial charge in [0, 0.05) is 5.56 Å². The molecule has 0 spiro atoms. The van der Waals surface area contributed by atoms with Gasteiger partial charge in [-0.3, -0.25) is 5.84 Å². The Balaban J connectivity index is 2.37. The fourth-order valence-corrected chi connectivity index (χ4v) is 2.03. The van der Waals surface area contributed by atoms with Gasteiger partial charge in [0.2, 0.25) is 0 Å². The minimum atomic E-state index is -0.401. The van der Waals surface area contributed by atoms with E-state index in [0.29, 0.717) is 12.2 Å². The van der Waals surface area contributed by atoms with Gasteiger partial charge in [0.15, 0.2) is 0 Å². The number of ether oxygens (including phenoxy) is 1. The third-order valence-corrected chi connectivity index (χ3v) is 2.89. The number of hydrogen-bond donors (Lipinski definition) is 2. The van der Waals surface area contributed by atoms with E-state index in [4.69, 9.17) is 10.6 Å². The summed E-state index contributed by atoms with van der Waals surface area (Å²) in [6.45, 7) is 2.51. The quantitative estimate of drug-likeness (QED) is 0.642. The molecule has 0 heterocycles. The van der Waals surface area contributed by atoms with Crippen LogP contribution in [0.15, 0.2) is 48.5 Å². The van der Waals surface area contributed by atoms with Gasteiger partial charge < -0.3 is 4.74 Å². The molecule has 0 saturated heterocycles. The van der Waals surface area contributed by atoms with E-state index in [1.165, 1.54) is 6.07 Å². The predicted octanol–water partition coefficient (Wildman–Crippen LogP) is 2.78. The lowest BCUT2D eigenvalue weighted by molar-refractivity contribution is 0.339. The topological polar surface area (TPSA) is 47.3 Å². The molecule has 1 unspecified atom stereocenters. The van der Waals surface area contributed by atoms with Crippen molar-refractivity contribution in [3.63, 3.8) is 0 Å². The molecule has 3 nitrogen and oxygen atoms in total. The highest BCUT2D eigenvalue weighted by molar-refractivity contribution is 5.37. The highest BCUT2D eigenvalue weighted by atomic mass is 19.1. The van der Waals surface area contributed by atoms with Crippen LogP contribution in [0.4, 0.5) is 4.39 Å². The second-order valence-corrected chi connectivity index (χ2v) is 4.13. The summed E-state index contributed by atoms with van der Waals surface area (Å²) in [7, 11) is 0. The van der Waals surface area contributed by atoms with Gasteiger partial charge in [0.05, 0.1) is 12.6 Å². The van der Waals surface area contributed by atoms with Crippen molar-refractivity contribution in [3.8, 4) is 5.75 Å². The van der Waals surface area contributed by atoms with Crippen LogP contribution in [0.3, 0.4) is 0 Å². The van der Waals surface area contributed by atoms with E-state index in [-0.39, 0.29) is 5.82 Å². The lowest BCUT2D eigenvalue weighted by Crippen LogP contribution is -2.29. The molecule has 1 atom stereocenters. The Morgan fingerprint density at radius 2 is 2.00 bits per heavy atom. The van der Waals surface area contributed by atoms with Crippen LogP contribution in [0.25, 0.3) is 0 Å². The van der Waals surface area contributed by atoms with Crippen LogP contribution < -0.4 is 16.0 Å². The van der Waals surface area contributed by atoms with Crippen molar-refractivity contribution < 1.29 is 9.13 Å². The van der Waals surface area contributed by atoms with E-state index in [1.54, 1.807) is 18.2 Å². The van der Waals surface area contributed by atoms with Crippen molar-refractivity contribution in [1.29, 1.82) is 0 Å². The van der Waals surface area contributed by atoms with E-state index in [0.717, 1.165) is 11.3 Å². The summed E-state index contributed by atoms with van der Waals surface area (Å²) >= 11 is 0. The van der Waals surface area contributed by atoms with Crippen molar-refractivity contribution in [2.45, 2.75) is 13.0 Å². The maximum Gasteiger partial charge on any atom is 0.128 e. The Bertz CT molecular complexity index is 545. The highest BCUT2D eigenvalue weighted by Crippen LogP contribution is 2.26. The molecule has 0 amide bonds. The lowest BCUT2D eigenvalue weighted by Gasteiger charge is -2.18. The van der Waals surface area contributed by atoms with Crippen LogP contribution in [0.1, 0.15) is 24.1 Å². The van der Waals surface area contributed by atoms with E-state index < -0.39 is 6.04 Å². The molecule has 3 N–H and O–H groups in total. The van der Waals surface area contributed by atoms with Crippen molar-refractivity contribution >= 4 is 0 Å². The van der Waals surface area contributed by atoms with E-state index in [1.807, 2.05) is 31.2 Å². The fraction of sp³-hybridized carbons (Fsp3) is 0.200. The minimum Gasteiger partial charge on any atom is -0.494 e. The molecule has 0 radical (unpaired) electrons. The number of hydrogen-bond acceptors (Lipinski definition) is 3. The summed E-state index contributed by atoms with van der Waals surface area (Å²) in [6, 6.07) is 13.7. The monoisotopic (exact) mass is 260 g/mol. The van der Waals surface area contributed by atoms with Crippen LogP contribution in [0.2, 0.25) is 0 Å². The average Bonchev–Trinajstić information content (AvgIpc) is 2.43. The molecule has 19 heavy (non-hydrogen) atoms. The molecule has 2 rings (SSSR count). The summed E-state index contributed by atoms with van der Waals surface area (Å²) in [5.41, 5.74) is 4.02. The Kier molecular flexibility index (Phi) is 4.49. The molecule has 2 aromatic carbocycles. The molecule has 0 saturated carbocycles. The van der Waals surface area contributed by atoms with Gasteiger partial charge in [0.25, 0.3) is 0 Å². The van der Waals surface area contributed by atoms with Crippen LogP contribution in [-0.2, 0) is 0 Å². The largest absolute Gasteiger partial charge is 0.494 e. The summed E-state index contributed by atoms with van der Waals surface area (Å²) in [6.07, 6.45) is 0. The molecule has 0 aliphatic rings. The first-order valence-electron chi connectivity index (χ1n) is 6.19. The first kappa shape index (κ1) is 13.5. The normalized spacial score (nSPS) is 12.2. The average molecular weight is 260 g/mol. The van der Waals surface area contributed by atoms with Crippen LogP contribution in [0, 0.1) is 5.82 Å². The molecule has 0 bridgehead atoms. The molecular formula is C15H17FN2O. The number of rotatable bonds is 5. The SMILES string of the molecule is CCOc1cccc(C(NN)c2ccccc2F)c1. The van der Waals surface area contributed by atoms with Crippen molar-refractivity contribution in [2.24, 2.45) is 5.84 Å². The summed E-state index contributed by atoms with van der Waals surface area (Å²) in [5.74, 6) is 6.03. The summed E-state index contributed by atoms with van der Waals surface area (Å²) in [5, 5.41) is 0. The number of halogens is 1. The fourth-order valence-electron chi connectivity index (χ4n) is 2.03. The van der Waals surface area contributed by atoms with Crippen molar-refractivity contribution in [1.82, 2.24) is 5.43 Å². The molecule has 0 aliphatic heterocycles. The first-order chi connectivity index (χ1) is 9.26. The van der Waals surface area contributed by atoms with Crippen LogP contribution >= 0.6 is 0 Å². The molecule has 0 aliphatic carbocycles. The maximum atomic E-state index is 13.8. The zero-order valence-electron chi connectivity index (χ0n) is 10.8. The minimum absolute atomic E-state index is 0.285. The number of nitrogens with two attached hydrogens (primary N) is 1. The van der Waals surface area contributed by atoms with Crippen LogP contribution in [0.5, 0.6) is 5.75 Å². The van der Waals surface area contributed by atoms with Crippen molar-refractivity contribution in [2.75, 3.05) is 6.61 Å². The second kappa shape index (κ2) is 6.31. The molecule has 0 aromatic heterocycles. The molecule has 100 valence electrons. The smallest absolute Gasteiger partial charge is 0.128 e. The van der Waals surface area contributed by atoms with Gasteiger partial charge in [-0.25, -0.2) is 9.82 Å². The molecule has 0 fully saturated rings. The zero-order valence-corrected chi connectivity index (χ0v) is 10.8. The first-order valence-corrected chi connectivity index (χ1v) is 6.19. The van der Waals surface area contributed by atoms with Gasteiger partial charge in [-0.1, -0.05) is 30.3 Å². The van der Waals surface area contributed by atoms with Gasteiger partial charge in [-0.05, 0) is 30.7 Å². The van der Waals surface area contributed by atoms with Gasteiger partial charge in [0.1, 0.15) is 11.6 Å². The van der Waals surface area contributed by atoms with E-state index >= 15 is 0 Å². The number of benzene rings is 2. The van der Waals surface area contributed by atoms with E-state index in [9.17, 15) is 4.39 Å². The summed E-state index contributed by atoms with van der Waals surface area (Å²) in [4.78, 5) is 0. The Labute approximate surface area is 112 Å². The zero-order chi connectivity index (χ0) is 13.7. The third kappa shape index (κ3) is 3.10. The van der Waals surface area contributed by atoms with Crippen LogP contribution in [-0.4, -0.2) is 6.61 Å². The lowest BCUT2D eigenvalue weighted by atomic mass is 9.98. The Morgan fingerprint density at radius 3 is 2.68 bits per heavy atom. The molecular weight excluding hydrogens is 243 g/mol. The van der Waals surface area contributed by atoms with E-state index in [2.05, 4.69) is 5.43 Å². The standard InChI is InChI=1S/C15H17FN2O/c1-2-19-12-7-5-6-11(10-12)15(18-17)13-8-3-4-9-14(13)16/h3-10,15,18H,2,17H2,1H3. The van der Waals surface area contributed by atoms with Gasteiger partial charge in [-0.2, -0.15) is 0 Å². The highest BCUT2D eigenvalue weighted by Gasteiger charge is 2.16. The maximum absolute atomic E-state index is 13.8. The Morgan fingerprint density at radius 1 is 1.21 bits per heavy atom. The summed E-state index contributed by atoms with van der Waals surface area (Å²) < 4.78 is 19.3. The third-order valence-electron chi connectivity index (χ3n) is 2.89. The van der Waals surface area contributed by atoms with Gasteiger partial charge in [-0.15, -0.1) is 0 Å². The Hall–Kier alpha value is -1.91. The molecule has 2 aromatic rings. The van der Waals surface area contributed by atoms with Crippen molar-refractivity contribution in [3.05, 3.63) is 65.5 Å². The molecule has 4 heteroatoms. The predicted molar refractivity (Wildman–Crippen MR) is 73.2 cm³/mol. The number of nitrogens with one attached hydrogen (secondary N) is 1. The second-order valence-electron chi connectivity index (χ2n) is 4.13.